The lowest BCUT2D eigenvalue weighted by molar-refractivity contribution is -0.135. The molecule has 1 aliphatic heterocycles. The van der Waals surface area contributed by atoms with Gasteiger partial charge in [0.2, 0.25) is 11.8 Å². The molecule has 1 saturated heterocycles. The molecule has 0 aromatic heterocycles. The van der Waals surface area contributed by atoms with Crippen LogP contribution < -0.4 is 10.6 Å². The molecule has 0 aliphatic carbocycles. The lowest BCUT2D eigenvalue weighted by Gasteiger charge is -2.35. The van der Waals surface area contributed by atoms with E-state index in [9.17, 15) is 14.4 Å². The Morgan fingerprint density at radius 1 is 0.971 bits per heavy atom. The maximum Gasteiger partial charge on any atom is 0.252 e. The van der Waals surface area contributed by atoms with Crippen LogP contribution in [0, 0.1) is 11.8 Å². The fraction of sp³-hybridized carbons (Fsp3) is 0.444. The fourth-order valence-corrected chi connectivity index (χ4v) is 4.25. The number of benzene rings is 2. The van der Waals surface area contributed by atoms with Gasteiger partial charge in [-0.25, -0.2) is 0 Å². The number of nitrogens with zero attached hydrogens (tertiary/aromatic N) is 1. The van der Waals surface area contributed by atoms with Crippen LogP contribution >= 0.6 is 11.6 Å². The molecule has 182 valence electrons. The number of hydrogen-bond donors (Lipinski definition) is 2. The van der Waals surface area contributed by atoms with E-state index in [1.54, 1.807) is 24.3 Å². The molecular formula is C27H34ClN3O3. The first kappa shape index (κ1) is 25.8. The molecule has 0 radical (unpaired) electrons. The average molecular weight is 484 g/mol. The van der Waals surface area contributed by atoms with Crippen molar-refractivity contribution in [2.24, 2.45) is 11.8 Å². The van der Waals surface area contributed by atoms with Gasteiger partial charge in [-0.3, -0.25) is 14.4 Å². The monoisotopic (exact) mass is 483 g/mol. The van der Waals surface area contributed by atoms with Crippen molar-refractivity contribution in [3.8, 4) is 0 Å². The van der Waals surface area contributed by atoms with E-state index in [1.807, 2.05) is 44.7 Å². The molecule has 2 N–H and O–H groups in total. The largest absolute Gasteiger partial charge is 0.341 e. The van der Waals surface area contributed by atoms with Gasteiger partial charge in [-0.15, -0.1) is 0 Å². The van der Waals surface area contributed by atoms with Crippen LogP contribution in [0.1, 0.15) is 62.4 Å². The molecule has 2 aromatic rings. The molecule has 0 saturated carbocycles. The van der Waals surface area contributed by atoms with Crippen molar-refractivity contribution >= 4 is 35.0 Å². The summed E-state index contributed by atoms with van der Waals surface area (Å²) in [5, 5.41) is 6.45. The summed E-state index contributed by atoms with van der Waals surface area (Å²) in [4.78, 5) is 40.1. The molecule has 1 heterocycles. The Bertz CT molecular complexity index is 1010. The van der Waals surface area contributed by atoms with Crippen LogP contribution in [-0.4, -0.2) is 41.8 Å². The molecule has 1 aliphatic rings. The minimum atomic E-state index is -0.617. The van der Waals surface area contributed by atoms with Gasteiger partial charge in [-0.05, 0) is 60.6 Å². The maximum absolute atomic E-state index is 13.3. The first-order valence-corrected chi connectivity index (χ1v) is 12.3. The molecule has 2 aromatic carbocycles. The lowest BCUT2D eigenvalue weighted by Crippen LogP contribution is -2.52. The molecule has 0 bridgehead atoms. The van der Waals surface area contributed by atoms with Crippen molar-refractivity contribution in [2.45, 2.75) is 52.5 Å². The first-order valence-electron chi connectivity index (χ1n) is 11.9. The first-order chi connectivity index (χ1) is 16.2. The van der Waals surface area contributed by atoms with E-state index in [2.05, 4.69) is 22.8 Å². The number of carbonyl (C=O) groups excluding carboxylic acids is 3. The fourth-order valence-electron chi connectivity index (χ4n) is 4.13. The van der Waals surface area contributed by atoms with Crippen molar-refractivity contribution in [3.63, 3.8) is 0 Å². The molecule has 7 heteroatoms. The second-order valence-electron chi connectivity index (χ2n) is 9.57. The summed E-state index contributed by atoms with van der Waals surface area (Å²) in [6, 6.07) is 14.1. The highest BCUT2D eigenvalue weighted by atomic mass is 35.5. The van der Waals surface area contributed by atoms with Crippen LogP contribution in [0.2, 0.25) is 5.02 Å². The molecule has 6 nitrogen and oxygen atoms in total. The van der Waals surface area contributed by atoms with Crippen molar-refractivity contribution in [1.29, 1.82) is 0 Å². The molecule has 34 heavy (non-hydrogen) atoms. The van der Waals surface area contributed by atoms with Crippen molar-refractivity contribution < 1.29 is 14.4 Å². The Morgan fingerprint density at radius 2 is 1.62 bits per heavy atom. The van der Waals surface area contributed by atoms with E-state index in [0.29, 0.717) is 30.3 Å². The zero-order valence-corrected chi connectivity index (χ0v) is 21.1. The molecule has 1 atom stereocenters. The third-order valence-corrected chi connectivity index (χ3v) is 6.54. The third kappa shape index (κ3) is 6.60. The normalized spacial score (nSPS) is 15.3. The number of halogens is 1. The summed E-state index contributed by atoms with van der Waals surface area (Å²) < 4.78 is 0. The van der Waals surface area contributed by atoms with Gasteiger partial charge >= 0.3 is 0 Å². The second-order valence-corrected chi connectivity index (χ2v) is 10.0. The second kappa shape index (κ2) is 11.5. The number of carbonyl (C=O) groups is 3. The smallest absolute Gasteiger partial charge is 0.252 e. The lowest BCUT2D eigenvalue weighted by atomic mass is 9.89. The zero-order valence-electron chi connectivity index (χ0n) is 20.3. The van der Waals surface area contributed by atoms with E-state index in [1.165, 1.54) is 5.56 Å². The quantitative estimate of drug-likeness (QED) is 0.575. The van der Waals surface area contributed by atoms with Crippen LogP contribution in [0.3, 0.4) is 0 Å². The van der Waals surface area contributed by atoms with Gasteiger partial charge in [0, 0.05) is 35.3 Å². The van der Waals surface area contributed by atoms with Crippen LogP contribution in [0.25, 0.3) is 0 Å². The number of likely N-dealkylation sites (tertiary alicyclic amines) is 1. The van der Waals surface area contributed by atoms with Crippen LogP contribution in [0.5, 0.6) is 0 Å². The van der Waals surface area contributed by atoms with Gasteiger partial charge in [-0.2, -0.15) is 0 Å². The van der Waals surface area contributed by atoms with Crippen molar-refractivity contribution in [3.05, 3.63) is 64.7 Å². The van der Waals surface area contributed by atoms with E-state index < -0.39 is 6.04 Å². The molecule has 0 spiro atoms. The predicted molar refractivity (Wildman–Crippen MR) is 136 cm³/mol. The Labute approximate surface area is 207 Å². The third-order valence-electron chi connectivity index (χ3n) is 6.28. The van der Waals surface area contributed by atoms with Crippen molar-refractivity contribution in [1.82, 2.24) is 10.2 Å². The SMILES string of the molecule is CC(C)C(=O)Nc1cccc(C(=O)N[C@@H](C(=O)N2CCC(c3ccc(Cl)cc3)CC2)C(C)C)c1. The summed E-state index contributed by atoms with van der Waals surface area (Å²) in [5.41, 5.74) is 2.21. The van der Waals surface area contributed by atoms with Gasteiger partial charge in [0.15, 0.2) is 0 Å². The molecule has 0 unspecified atom stereocenters. The highest BCUT2D eigenvalue weighted by molar-refractivity contribution is 6.30. The molecule has 3 amide bonds. The number of piperidine rings is 1. The highest BCUT2D eigenvalue weighted by Crippen LogP contribution is 2.29. The standard InChI is InChI=1S/C27H34ClN3O3/c1-17(2)24(30-26(33)21-6-5-7-23(16-21)29-25(32)18(3)4)27(34)31-14-12-20(13-15-31)19-8-10-22(28)11-9-19/h5-11,16-18,20,24H,12-15H2,1-4H3,(H,29,32)(H,30,33)/t24-/m1/s1. The van der Waals surface area contributed by atoms with Crippen LogP contribution in [0.4, 0.5) is 5.69 Å². The molecular weight excluding hydrogens is 450 g/mol. The maximum atomic E-state index is 13.3. The Morgan fingerprint density at radius 3 is 2.21 bits per heavy atom. The van der Waals surface area contributed by atoms with E-state index in [-0.39, 0.29) is 29.6 Å². The Balaban J connectivity index is 1.62. The van der Waals surface area contributed by atoms with E-state index in [4.69, 9.17) is 11.6 Å². The number of amides is 3. The summed E-state index contributed by atoms with van der Waals surface area (Å²) in [5.74, 6) is -0.323. The van der Waals surface area contributed by atoms with Gasteiger partial charge in [0.05, 0.1) is 0 Å². The number of nitrogens with one attached hydrogen (secondary N) is 2. The average Bonchev–Trinajstić information content (AvgIpc) is 2.82. The van der Waals surface area contributed by atoms with Crippen LogP contribution in [-0.2, 0) is 9.59 Å². The zero-order chi connectivity index (χ0) is 24.8. The van der Waals surface area contributed by atoms with Gasteiger partial charge in [-0.1, -0.05) is 57.5 Å². The number of anilines is 1. The minimum absolute atomic E-state index is 0.0535. The summed E-state index contributed by atoms with van der Waals surface area (Å²) in [6.07, 6.45) is 1.76. The topological polar surface area (TPSA) is 78.5 Å². The van der Waals surface area contributed by atoms with Crippen molar-refractivity contribution in [2.75, 3.05) is 18.4 Å². The molecule has 1 fully saturated rings. The van der Waals surface area contributed by atoms with Crippen LogP contribution in [0.15, 0.2) is 48.5 Å². The summed E-state index contributed by atoms with van der Waals surface area (Å²) in [6.45, 7) is 8.79. The summed E-state index contributed by atoms with van der Waals surface area (Å²) in [7, 11) is 0. The Kier molecular flexibility index (Phi) is 8.72. The Hall–Kier alpha value is -2.86. The van der Waals surface area contributed by atoms with Gasteiger partial charge in [0.1, 0.15) is 6.04 Å². The van der Waals surface area contributed by atoms with E-state index in [0.717, 1.165) is 17.9 Å². The predicted octanol–water partition coefficient (Wildman–Crippen LogP) is 5.10. The molecule has 3 rings (SSSR count). The van der Waals surface area contributed by atoms with Gasteiger partial charge < -0.3 is 15.5 Å². The summed E-state index contributed by atoms with van der Waals surface area (Å²) >= 11 is 6.00. The minimum Gasteiger partial charge on any atom is -0.341 e. The number of hydrogen-bond acceptors (Lipinski definition) is 3. The number of rotatable bonds is 7. The van der Waals surface area contributed by atoms with Gasteiger partial charge in [0.25, 0.3) is 5.91 Å². The van der Waals surface area contributed by atoms with E-state index >= 15 is 0 Å². The highest BCUT2D eigenvalue weighted by Gasteiger charge is 2.31.